The molecule has 3 fully saturated rings. The molecule has 0 radical (unpaired) electrons. The number of methoxy groups -OCH3 is 1. The minimum absolute atomic E-state index is 0.174. The van der Waals surface area contributed by atoms with Crippen molar-refractivity contribution < 1.29 is 9.53 Å². The lowest BCUT2D eigenvalue weighted by atomic mass is 10.0. The fourth-order valence-electron chi connectivity index (χ4n) is 3.35. The third-order valence-electron chi connectivity index (χ3n) is 5.11. The Balaban J connectivity index is 1.69. The lowest BCUT2D eigenvalue weighted by molar-refractivity contribution is -0.132. The van der Waals surface area contributed by atoms with Gasteiger partial charge in [-0.1, -0.05) is 13.8 Å². The van der Waals surface area contributed by atoms with Crippen molar-refractivity contribution in [2.45, 2.75) is 57.7 Å². The van der Waals surface area contributed by atoms with E-state index < -0.39 is 0 Å². The van der Waals surface area contributed by atoms with E-state index in [0.29, 0.717) is 17.2 Å². The zero-order chi connectivity index (χ0) is 13.7. The molecule has 1 heterocycles. The monoisotopic (exact) mass is 266 g/mol. The molecule has 4 heteroatoms. The summed E-state index contributed by atoms with van der Waals surface area (Å²) in [6, 6.07) is 0. The molecule has 3 aliphatic rings. The molecule has 1 spiro atoms. The van der Waals surface area contributed by atoms with Gasteiger partial charge in [-0.3, -0.25) is 10.1 Å². The van der Waals surface area contributed by atoms with Crippen molar-refractivity contribution in [2.24, 2.45) is 11.3 Å². The van der Waals surface area contributed by atoms with Crippen LogP contribution in [0.5, 0.6) is 0 Å². The Morgan fingerprint density at radius 3 is 2.53 bits per heavy atom. The molecule has 19 heavy (non-hydrogen) atoms. The quantitative estimate of drug-likeness (QED) is 0.796. The van der Waals surface area contributed by atoms with E-state index in [1.54, 1.807) is 7.11 Å². The molecule has 3 rings (SSSR count). The SMILES string of the molecule is COCCC1(CN2C(=O)C3(CC3)NC2C(C)C)CC1. The largest absolute Gasteiger partial charge is 0.385 e. The van der Waals surface area contributed by atoms with Crippen molar-refractivity contribution in [3.05, 3.63) is 0 Å². The van der Waals surface area contributed by atoms with Crippen LogP contribution in [0.15, 0.2) is 0 Å². The summed E-state index contributed by atoms with van der Waals surface area (Å²) in [7, 11) is 1.76. The second-order valence-corrected chi connectivity index (χ2v) is 7.09. The molecule has 1 atom stereocenters. The van der Waals surface area contributed by atoms with E-state index in [2.05, 4.69) is 24.1 Å². The molecule has 1 N–H and O–H groups in total. The summed E-state index contributed by atoms with van der Waals surface area (Å²) < 4.78 is 5.22. The highest BCUT2D eigenvalue weighted by atomic mass is 16.5. The molecule has 4 nitrogen and oxygen atoms in total. The zero-order valence-corrected chi connectivity index (χ0v) is 12.4. The molecular weight excluding hydrogens is 240 g/mol. The minimum atomic E-state index is -0.174. The van der Waals surface area contributed by atoms with Gasteiger partial charge in [0.1, 0.15) is 0 Å². The number of hydrogen-bond acceptors (Lipinski definition) is 3. The van der Waals surface area contributed by atoms with Gasteiger partial charge in [0.25, 0.3) is 0 Å². The summed E-state index contributed by atoms with van der Waals surface area (Å²) in [5, 5.41) is 3.59. The summed E-state index contributed by atoms with van der Waals surface area (Å²) in [4.78, 5) is 14.8. The highest BCUT2D eigenvalue weighted by molar-refractivity contribution is 5.91. The van der Waals surface area contributed by atoms with Crippen LogP contribution < -0.4 is 5.32 Å². The first-order chi connectivity index (χ1) is 9.02. The molecule has 0 bridgehead atoms. The van der Waals surface area contributed by atoms with Gasteiger partial charge >= 0.3 is 0 Å². The number of carbonyl (C=O) groups excluding carboxylic acids is 1. The Morgan fingerprint density at radius 1 is 1.37 bits per heavy atom. The highest BCUT2D eigenvalue weighted by Crippen LogP contribution is 2.52. The van der Waals surface area contributed by atoms with Crippen molar-refractivity contribution in [2.75, 3.05) is 20.3 Å². The van der Waals surface area contributed by atoms with Crippen LogP contribution in [-0.2, 0) is 9.53 Å². The Bertz CT molecular complexity index is 372. The molecule has 0 aromatic carbocycles. The van der Waals surface area contributed by atoms with E-state index in [1.165, 1.54) is 12.8 Å². The number of amides is 1. The summed E-state index contributed by atoms with van der Waals surface area (Å²) in [5.41, 5.74) is 0.174. The third kappa shape index (κ3) is 2.29. The minimum Gasteiger partial charge on any atom is -0.385 e. The van der Waals surface area contributed by atoms with Gasteiger partial charge < -0.3 is 9.64 Å². The maximum atomic E-state index is 12.6. The summed E-state index contributed by atoms with van der Waals surface area (Å²) in [6.07, 6.45) is 5.86. The first kappa shape index (κ1) is 13.4. The number of carbonyl (C=O) groups is 1. The van der Waals surface area contributed by atoms with Gasteiger partial charge in [0, 0.05) is 20.3 Å². The fraction of sp³-hybridized carbons (Fsp3) is 0.933. The van der Waals surface area contributed by atoms with Crippen LogP contribution in [-0.4, -0.2) is 42.8 Å². The molecule has 0 aromatic rings. The molecule has 1 amide bonds. The Kier molecular flexibility index (Phi) is 3.13. The fourth-order valence-corrected chi connectivity index (χ4v) is 3.35. The van der Waals surface area contributed by atoms with Crippen LogP contribution in [0.25, 0.3) is 0 Å². The van der Waals surface area contributed by atoms with E-state index in [0.717, 1.165) is 32.4 Å². The smallest absolute Gasteiger partial charge is 0.244 e. The molecule has 1 saturated heterocycles. The number of nitrogens with zero attached hydrogens (tertiary/aromatic N) is 1. The maximum absolute atomic E-state index is 12.6. The van der Waals surface area contributed by atoms with Crippen LogP contribution in [0.2, 0.25) is 0 Å². The van der Waals surface area contributed by atoms with Crippen LogP contribution in [0.3, 0.4) is 0 Å². The molecule has 1 unspecified atom stereocenters. The predicted octanol–water partition coefficient (Wildman–Crippen LogP) is 1.75. The van der Waals surface area contributed by atoms with Crippen molar-refractivity contribution in [3.8, 4) is 0 Å². The maximum Gasteiger partial charge on any atom is 0.244 e. The van der Waals surface area contributed by atoms with E-state index in [9.17, 15) is 4.79 Å². The van der Waals surface area contributed by atoms with E-state index in [1.807, 2.05) is 0 Å². The van der Waals surface area contributed by atoms with Gasteiger partial charge in [-0.25, -0.2) is 0 Å². The van der Waals surface area contributed by atoms with Gasteiger partial charge in [0.15, 0.2) is 0 Å². The van der Waals surface area contributed by atoms with Gasteiger partial charge in [0.05, 0.1) is 11.7 Å². The van der Waals surface area contributed by atoms with Crippen molar-refractivity contribution in [1.29, 1.82) is 0 Å². The molecule has 1 aliphatic heterocycles. The standard InChI is InChI=1S/C15H26N2O2/c1-11(2)12-16-15(6-7-15)13(18)17(12)10-14(4-5-14)8-9-19-3/h11-12,16H,4-10H2,1-3H3. The first-order valence-electron chi connectivity index (χ1n) is 7.60. The lowest BCUT2D eigenvalue weighted by Crippen LogP contribution is -2.44. The molecular formula is C15H26N2O2. The van der Waals surface area contributed by atoms with Gasteiger partial charge in [-0.05, 0) is 43.4 Å². The number of ether oxygens (including phenoxy) is 1. The molecule has 108 valence electrons. The summed E-state index contributed by atoms with van der Waals surface area (Å²) in [6.45, 7) is 6.14. The van der Waals surface area contributed by atoms with Crippen molar-refractivity contribution in [1.82, 2.24) is 10.2 Å². The van der Waals surface area contributed by atoms with Crippen LogP contribution in [0.4, 0.5) is 0 Å². The Labute approximate surface area is 115 Å². The molecule has 2 saturated carbocycles. The summed E-state index contributed by atoms with van der Waals surface area (Å²) >= 11 is 0. The zero-order valence-electron chi connectivity index (χ0n) is 12.4. The number of nitrogens with one attached hydrogen (secondary N) is 1. The van der Waals surface area contributed by atoms with Crippen molar-refractivity contribution in [3.63, 3.8) is 0 Å². The molecule has 0 aromatic heterocycles. The summed E-state index contributed by atoms with van der Waals surface area (Å²) in [5.74, 6) is 0.831. The van der Waals surface area contributed by atoms with Crippen LogP contribution in [0, 0.1) is 11.3 Å². The number of rotatable bonds is 6. The third-order valence-corrected chi connectivity index (χ3v) is 5.11. The van der Waals surface area contributed by atoms with Crippen molar-refractivity contribution >= 4 is 5.91 Å². The van der Waals surface area contributed by atoms with E-state index in [4.69, 9.17) is 4.74 Å². The average Bonchev–Trinajstić information content (AvgIpc) is 3.26. The van der Waals surface area contributed by atoms with E-state index >= 15 is 0 Å². The van der Waals surface area contributed by atoms with Crippen LogP contribution >= 0.6 is 0 Å². The second-order valence-electron chi connectivity index (χ2n) is 7.09. The first-order valence-corrected chi connectivity index (χ1v) is 7.60. The number of hydrogen-bond donors (Lipinski definition) is 1. The van der Waals surface area contributed by atoms with Gasteiger partial charge in [-0.2, -0.15) is 0 Å². The van der Waals surface area contributed by atoms with Gasteiger partial charge in [0.2, 0.25) is 5.91 Å². The normalized spacial score (nSPS) is 30.4. The average molecular weight is 266 g/mol. The Morgan fingerprint density at radius 2 is 2.05 bits per heavy atom. The van der Waals surface area contributed by atoms with Crippen LogP contribution in [0.1, 0.15) is 46.0 Å². The topological polar surface area (TPSA) is 41.6 Å². The van der Waals surface area contributed by atoms with E-state index in [-0.39, 0.29) is 11.7 Å². The molecule has 2 aliphatic carbocycles. The second kappa shape index (κ2) is 4.45. The van der Waals surface area contributed by atoms with Gasteiger partial charge in [-0.15, -0.1) is 0 Å². The Hall–Kier alpha value is -0.610. The highest BCUT2D eigenvalue weighted by Gasteiger charge is 2.61. The lowest BCUT2D eigenvalue weighted by Gasteiger charge is -2.31. The predicted molar refractivity (Wildman–Crippen MR) is 73.6 cm³/mol.